The fourth-order valence-corrected chi connectivity index (χ4v) is 1.61. The molecule has 0 aromatic carbocycles. The van der Waals surface area contributed by atoms with Gasteiger partial charge in [-0.1, -0.05) is 25.5 Å². The van der Waals surface area contributed by atoms with Gasteiger partial charge in [-0.2, -0.15) is 0 Å². The summed E-state index contributed by atoms with van der Waals surface area (Å²) in [6.07, 6.45) is 3.03. The number of ketones is 1. The average Bonchev–Trinajstić information content (AvgIpc) is 1.82. The van der Waals surface area contributed by atoms with Gasteiger partial charge < -0.3 is 0 Å². The lowest BCUT2D eigenvalue weighted by molar-refractivity contribution is -0.124. The molecule has 0 N–H and O–H groups in total. The standard InChI is InChI=1S/C9H14O/c1-6-4-7(2)9(10)8(3)5-6/h4,7-8H,5H2,1-3H3/t7-,8+/m1/s1. The molecule has 0 saturated heterocycles. The number of Topliss-reactive ketones (excluding diaryl/α,β-unsaturated/α-hetero) is 1. The molecule has 1 nitrogen and oxygen atoms in total. The molecule has 0 aliphatic heterocycles. The van der Waals surface area contributed by atoms with Crippen molar-refractivity contribution in [3.63, 3.8) is 0 Å². The molecule has 56 valence electrons. The smallest absolute Gasteiger partial charge is 0.142 e. The average molecular weight is 138 g/mol. The monoisotopic (exact) mass is 138 g/mol. The summed E-state index contributed by atoms with van der Waals surface area (Å²) >= 11 is 0. The minimum Gasteiger partial charge on any atom is -0.299 e. The van der Waals surface area contributed by atoms with Crippen LogP contribution < -0.4 is 0 Å². The third-order valence-electron chi connectivity index (χ3n) is 2.10. The normalized spacial score (nSPS) is 33.9. The fourth-order valence-electron chi connectivity index (χ4n) is 1.61. The van der Waals surface area contributed by atoms with Gasteiger partial charge in [0.1, 0.15) is 5.78 Å². The van der Waals surface area contributed by atoms with E-state index in [4.69, 9.17) is 0 Å². The predicted octanol–water partition coefficient (Wildman–Crippen LogP) is 2.18. The lowest BCUT2D eigenvalue weighted by atomic mass is 9.84. The Labute approximate surface area is 62.1 Å². The highest BCUT2D eigenvalue weighted by Gasteiger charge is 2.22. The highest BCUT2D eigenvalue weighted by atomic mass is 16.1. The fraction of sp³-hybridized carbons (Fsp3) is 0.667. The molecule has 0 unspecified atom stereocenters. The largest absolute Gasteiger partial charge is 0.299 e. The Balaban J connectivity index is 2.79. The van der Waals surface area contributed by atoms with E-state index in [1.165, 1.54) is 5.57 Å². The van der Waals surface area contributed by atoms with Crippen LogP contribution in [0.3, 0.4) is 0 Å². The Morgan fingerprint density at radius 3 is 2.60 bits per heavy atom. The number of hydrogen-bond acceptors (Lipinski definition) is 1. The maximum Gasteiger partial charge on any atom is 0.142 e. The van der Waals surface area contributed by atoms with Gasteiger partial charge in [-0.25, -0.2) is 0 Å². The first kappa shape index (κ1) is 7.52. The van der Waals surface area contributed by atoms with Crippen LogP contribution in [0.2, 0.25) is 0 Å². The van der Waals surface area contributed by atoms with Crippen molar-refractivity contribution in [2.75, 3.05) is 0 Å². The second-order valence-corrected chi connectivity index (χ2v) is 3.31. The summed E-state index contributed by atoms with van der Waals surface area (Å²) in [5.41, 5.74) is 1.36. The summed E-state index contributed by atoms with van der Waals surface area (Å²) in [7, 11) is 0. The second kappa shape index (κ2) is 2.57. The van der Waals surface area contributed by atoms with E-state index in [0.717, 1.165) is 6.42 Å². The number of allylic oxidation sites excluding steroid dienone is 2. The van der Waals surface area contributed by atoms with Gasteiger partial charge in [-0.3, -0.25) is 4.79 Å². The van der Waals surface area contributed by atoms with Crippen LogP contribution in [0, 0.1) is 11.8 Å². The molecule has 1 aliphatic carbocycles. The van der Waals surface area contributed by atoms with Crippen LogP contribution in [-0.2, 0) is 4.79 Å². The van der Waals surface area contributed by atoms with Gasteiger partial charge in [0.25, 0.3) is 0 Å². The maximum atomic E-state index is 11.2. The summed E-state index contributed by atoms with van der Waals surface area (Å²) in [5, 5.41) is 0. The number of carbonyl (C=O) groups excluding carboxylic acids is 1. The minimum atomic E-state index is 0.156. The summed E-state index contributed by atoms with van der Waals surface area (Å²) in [4.78, 5) is 11.2. The van der Waals surface area contributed by atoms with Crippen molar-refractivity contribution in [2.24, 2.45) is 11.8 Å². The molecule has 0 bridgehead atoms. The highest BCUT2D eigenvalue weighted by Crippen LogP contribution is 2.23. The van der Waals surface area contributed by atoms with E-state index < -0.39 is 0 Å². The first-order valence-electron chi connectivity index (χ1n) is 3.82. The van der Waals surface area contributed by atoms with E-state index in [1.807, 2.05) is 13.8 Å². The van der Waals surface area contributed by atoms with Crippen molar-refractivity contribution in [3.05, 3.63) is 11.6 Å². The van der Waals surface area contributed by atoms with Crippen molar-refractivity contribution in [3.8, 4) is 0 Å². The molecule has 0 aromatic rings. The molecule has 0 spiro atoms. The molecule has 0 amide bonds. The Kier molecular flexibility index (Phi) is 1.93. The molecular weight excluding hydrogens is 124 g/mol. The third kappa shape index (κ3) is 1.28. The van der Waals surface area contributed by atoms with E-state index >= 15 is 0 Å². The molecule has 10 heavy (non-hydrogen) atoms. The molecule has 2 atom stereocenters. The van der Waals surface area contributed by atoms with Crippen LogP contribution in [0.4, 0.5) is 0 Å². The van der Waals surface area contributed by atoms with Gasteiger partial charge in [0, 0.05) is 11.8 Å². The van der Waals surface area contributed by atoms with Crippen LogP contribution in [0.1, 0.15) is 27.2 Å². The molecule has 1 heteroatoms. The van der Waals surface area contributed by atoms with E-state index in [-0.39, 0.29) is 11.8 Å². The van der Waals surface area contributed by atoms with Gasteiger partial charge in [-0.15, -0.1) is 0 Å². The van der Waals surface area contributed by atoms with Crippen LogP contribution in [0.5, 0.6) is 0 Å². The van der Waals surface area contributed by atoms with E-state index in [2.05, 4.69) is 13.0 Å². The summed E-state index contributed by atoms with van der Waals surface area (Å²) in [6, 6.07) is 0. The van der Waals surface area contributed by atoms with E-state index in [0.29, 0.717) is 5.78 Å². The van der Waals surface area contributed by atoms with E-state index in [9.17, 15) is 4.79 Å². The Bertz CT molecular complexity index is 179. The molecule has 0 saturated carbocycles. The lowest BCUT2D eigenvalue weighted by Crippen LogP contribution is -2.22. The first-order chi connectivity index (χ1) is 4.61. The quantitative estimate of drug-likeness (QED) is 0.469. The summed E-state index contributed by atoms with van der Waals surface area (Å²) in [5.74, 6) is 0.800. The van der Waals surface area contributed by atoms with Gasteiger partial charge in [0.15, 0.2) is 0 Å². The SMILES string of the molecule is CC1=C[C@@H](C)C(=O)[C@@H](C)C1. The molecule has 0 aromatic heterocycles. The zero-order valence-electron chi connectivity index (χ0n) is 6.85. The van der Waals surface area contributed by atoms with Crippen molar-refractivity contribution in [1.82, 2.24) is 0 Å². The second-order valence-electron chi connectivity index (χ2n) is 3.31. The van der Waals surface area contributed by atoms with Crippen molar-refractivity contribution in [1.29, 1.82) is 0 Å². The summed E-state index contributed by atoms with van der Waals surface area (Å²) in [6.45, 7) is 6.08. The first-order valence-corrected chi connectivity index (χ1v) is 3.82. The highest BCUT2D eigenvalue weighted by molar-refractivity contribution is 5.85. The molecule has 0 fully saturated rings. The zero-order chi connectivity index (χ0) is 7.72. The summed E-state index contributed by atoms with van der Waals surface area (Å²) < 4.78 is 0. The van der Waals surface area contributed by atoms with Crippen LogP contribution in [0.25, 0.3) is 0 Å². The van der Waals surface area contributed by atoms with E-state index in [1.54, 1.807) is 0 Å². The number of rotatable bonds is 0. The third-order valence-corrected chi connectivity index (χ3v) is 2.10. The molecular formula is C9H14O. The van der Waals surface area contributed by atoms with Crippen molar-refractivity contribution < 1.29 is 4.79 Å². The van der Waals surface area contributed by atoms with Gasteiger partial charge >= 0.3 is 0 Å². The Hall–Kier alpha value is -0.590. The van der Waals surface area contributed by atoms with Gasteiger partial charge in [-0.05, 0) is 13.3 Å². The molecule has 1 rings (SSSR count). The van der Waals surface area contributed by atoms with Crippen LogP contribution in [-0.4, -0.2) is 5.78 Å². The predicted molar refractivity (Wildman–Crippen MR) is 41.7 cm³/mol. The molecule has 0 heterocycles. The lowest BCUT2D eigenvalue weighted by Gasteiger charge is -2.20. The van der Waals surface area contributed by atoms with Crippen molar-refractivity contribution >= 4 is 5.78 Å². The minimum absolute atomic E-state index is 0.156. The van der Waals surface area contributed by atoms with Gasteiger partial charge in [0.05, 0.1) is 0 Å². The van der Waals surface area contributed by atoms with Crippen LogP contribution in [0.15, 0.2) is 11.6 Å². The molecule has 1 aliphatic rings. The van der Waals surface area contributed by atoms with Crippen molar-refractivity contribution in [2.45, 2.75) is 27.2 Å². The van der Waals surface area contributed by atoms with Gasteiger partial charge in [0.2, 0.25) is 0 Å². The number of hydrogen-bond donors (Lipinski definition) is 0. The topological polar surface area (TPSA) is 17.1 Å². The molecule has 0 radical (unpaired) electrons. The zero-order valence-corrected chi connectivity index (χ0v) is 6.85. The maximum absolute atomic E-state index is 11.2. The number of carbonyl (C=O) groups is 1. The Morgan fingerprint density at radius 1 is 1.50 bits per heavy atom. The Morgan fingerprint density at radius 2 is 2.10 bits per heavy atom. The van der Waals surface area contributed by atoms with Crippen LogP contribution >= 0.6 is 0 Å².